The van der Waals surface area contributed by atoms with Crippen LogP contribution in [-0.4, -0.2) is 36.7 Å². The van der Waals surface area contributed by atoms with Crippen molar-refractivity contribution in [3.05, 3.63) is 0 Å². The van der Waals surface area contributed by atoms with Gasteiger partial charge in [-0.1, -0.05) is 20.8 Å². The number of rotatable bonds is 5. The molecule has 2 nitrogen and oxygen atoms in total. The van der Waals surface area contributed by atoms with Crippen LogP contribution in [0.1, 0.15) is 47.0 Å². The van der Waals surface area contributed by atoms with Crippen LogP contribution in [-0.2, 0) is 4.74 Å². The van der Waals surface area contributed by atoms with E-state index in [0.29, 0.717) is 12.1 Å². The number of hydrogen-bond donors (Lipinski definition) is 0. The molecule has 0 aromatic rings. The lowest BCUT2D eigenvalue weighted by atomic mass is 10.0. The summed E-state index contributed by atoms with van der Waals surface area (Å²) in [4.78, 5) is 2.54. The summed E-state index contributed by atoms with van der Waals surface area (Å²) in [5, 5.41) is 0. The molecule has 0 N–H and O–H groups in total. The first-order valence-electron chi connectivity index (χ1n) is 6.49. The molecule has 0 aromatic carbocycles. The third kappa shape index (κ3) is 4.52. The van der Waals surface area contributed by atoms with Crippen LogP contribution in [0.25, 0.3) is 0 Å². The Labute approximate surface area is 95.0 Å². The van der Waals surface area contributed by atoms with Gasteiger partial charge in [-0.2, -0.15) is 0 Å². The molecule has 0 saturated carbocycles. The Bertz CT molecular complexity index is 170. The SMILES string of the molecule is CCN1CCC(OCCC(C)C)C[C@@H]1C. The molecule has 90 valence electrons. The topological polar surface area (TPSA) is 12.5 Å². The highest BCUT2D eigenvalue weighted by Gasteiger charge is 2.24. The van der Waals surface area contributed by atoms with Crippen LogP contribution < -0.4 is 0 Å². The zero-order chi connectivity index (χ0) is 11.3. The van der Waals surface area contributed by atoms with Crippen LogP contribution >= 0.6 is 0 Å². The molecular formula is C13H27NO. The molecule has 0 aromatic heterocycles. The summed E-state index contributed by atoms with van der Waals surface area (Å²) in [5.41, 5.74) is 0. The summed E-state index contributed by atoms with van der Waals surface area (Å²) in [6.07, 6.45) is 4.14. The Morgan fingerprint density at radius 1 is 1.40 bits per heavy atom. The summed E-state index contributed by atoms with van der Waals surface area (Å²) in [5.74, 6) is 0.762. The highest BCUT2D eigenvalue weighted by Crippen LogP contribution is 2.19. The number of hydrogen-bond acceptors (Lipinski definition) is 2. The third-order valence-electron chi connectivity index (χ3n) is 3.42. The molecule has 0 aliphatic carbocycles. The van der Waals surface area contributed by atoms with Crippen LogP contribution in [0.15, 0.2) is 0 Å². The van der Waals surface area contributed by atoms with Gasteiger partial charge in [-0.3, -0.25) is 0 Å². The first-order chi connectivity index (χ1) is 7.13. The minimum absolute atomic E-state index is 0.515. The zero-order valence-electron chi connectivity index (χ0n) is 10.8. The predicted octanol–water partition coefficient (Wildman–Crippen LogP) is 2.92. The summed E-state index contributed by atoms with van der Waals surface area (Å²) in [6, 6.07) is 0.702. The summed E-state index contributed by atoms with van der Waals surface area (Å²) in [7, 11) is 0. The monoisotopic (exact) mass is 213 g/mol. The molecule has 1 unspecified atom stereocenters. The molecule has 1 aliphatic rings. The van der Waals surface area contributed by atoms with E-state index in [2.05, 4.69) is 32.6 Å². The van der Waals surface area contributed by atoms with Gasteiger partial charge in [-0.25, -0.2) is 0 Å². The zero-order valence-corrected chi connectivity index (χ0v) is 10.8. The lowest BCUT2D eigenvalue weighted by Gasteiger charge is -2.36. The Morgan fingerprint density at radius 2 is 2.13 bits per heavy atom. The van der Waals surface area contributed by atoms with E-state index >= 15 is 0 Å². The van der Waals surface area contributed by atoms with Gasteiger partial charge in [0.15, 0.2) is 0 Å². The van der Waals surface area contributed by atoms with Crippen molar-refractivity contribution in [3.63, 3.8) is 0 Å². The second-order valence-corrected chi connectivity index (χ2v) is 5.18. The van der Waals surface area contributed by atoms with Crippen molar-refractivity contribution in [2.75, 3.05) is 19.7 Å². The van der Waals surface area contributed by atoms with Crippen LogP contribution in [0.3, 0.4) is 0 Å². The van der Waals surface area contributed by atoms with E-state index in [-0.39, 0.29) is 0 Å². The first-order valence-corrected chi connectivity index (χ1v) is 6.49. The van der Waals surface area contributed by atoms with Gasteiger partial charge in [0.1, 0.15) is 0 Å². The fourth-order valence-corrected chi connectivity index (χ4v) is 2.27. The summed E-state index contributed by atoms with van der Waals surface area (Å²) in [6.45, 7) is 12.4. The van der Waals surface area contributed by atoms with Crippen molar-refractivity contribution in [2.45, 2.75) is 59.1 Å². The molecule has 1 heterocycles. The maximum Gasteiger partial charge on any atom is 0.0602 e. The van der Waals surface area contributed by atoms with Gasteiger partial charge in [-0.05, 0) is 38.6 Å². The van der Waals surface area contributed by atoms with Gasteiger partial charge < -0.3 is 9.64 Å². The van der Waals surface area contributed by atoms with Gasteiger partial charge in [0.05, 0.1) is 6.10 Å². The fourth-order valence-electron chi connectivity index (χ4n) is 2.27. The molecule has 0 bridgehead atoms. The van der Waals surface area contributed by atoms with E-state index in [4.69, 9.17) is 4.74 Å². The number of ether oxygens (including phenoxy) is 1. The number of piperidine rings is 1. The third-order valence-corrected chi connectivity index (χ3v) is 3.42. The molecule has 15 heavy (non-hydrogen) atoms. The molecule has 0 spiro atoms. The lowest BCUT2D eigenvalue weighted by Crippen LogP contribution is -2.43. The molecule has 1 fully saturated rings. The van der Waals surface area contributed by atoms with Crippen LogP contribution in [0.2, 0.25) is 0 Å². The Balaban J connectivity index is 2.17. The summed E-state index contributed by atoms with van der Waals surface area (Å²) < 4.78 is 5.93. The quantitative estimate of drug-likeness (QED) is 0.696. The Morgan fingerprint density at radius 3 is 2.67 bits per heavy atom. The van der Waals surface area contributed by atoms with Crippen LogP contribution in [0, 0.1) is 5.92 Å². The molecule has 0 radical (unpaired) electrons. The van der Waals surface area contributed by atoms with E-state index in [1.807, 2.05) is 0 Å². The van der Waals surface area contributed by atoms with Crippen LogP contribution in [0.5, 0.6) is 0 Å². The lowest BCUT2D eigenvalue weighted by molar-refractivity contribution is -0.0137. The van der Waals surface area contributed by atoms with E-state index in [1.165, 1.54) is 32.4 Å². The van der Waals surface area contributed by atoms with E-state index in [0.717, 1.165) is 12.5 Å². The second kappa shape index (κ2) is 6.49. The summed E-state index contributed by atoms with van der Waals surface area (Å²) >= 11 is 0. The van der Waals surface area contributed by atoms with Crippen molar-refractivity contribution in [3.8, 4) is 0 Å². The molecule has 2 heteroatoms. The van der Waals surface area contributed by atoms with Crippen molar-refractivity contribution in [2.24, 2.45) is 5.92 Å². The fraction of sp³-hybridized carbons (Fsp3) is 1.00. The molecule has 1 saturated heterocycles. The first kappa shape index (κ1) is 13.0. The van der Waals surface area contributed by atoms with Crippen molar-refractivity contribution < 1.29 is 4.74 Å². The van der Waals surface area contributed by atoms with Crippen molar-refractivity contribution >= 4 is 0 Å². The highest BCUT2D eigenvalue weighted by atomic mass is 16.5. The van der Waals surface area contributed by atoms with Gasteiger partial charge >= 0.3 is 0 Å². The number of likely N-dealkylation sites (tertiary alicyclic amines) is 1. The smallest absolute Gasteiger partial charge is 0.0602 e. The van der Waals surface area contributed by atoms with Crippen molar-refractivity contribution in [1.82, 2.24) is 4.90 Å². The minimum Gasteiger partial charge on any atom is -0.378 e. The van der Waals surface area contributed by atoms with Gasteiger partial charge in [0, 0.05) is 19.2 Å². The number of nitrogens with zero attached hydrogens (tertiary/aromatic N) is 1. The molecule has 1 aliphatic heterocycles. The standard InChI is InChI=1S/C13H27NO/c1-5-14-8-6-13(10-12(14)4)15-9-7-11(2)3/h11-13H,5-10H2,1-4H3/t12-,13?/m0/s1. The Hall–Kier alpha value is -0.0800. The van der Waals surface area contributed by atoms with E-state index < -0.39 is 0 Å². The Kier molecular flexibility index (Phi) is 5.62. The van der Waals surface area contributed by atoms with E-state index in [1.54, 1.807) is 0 Å². The van der Waals surface area contributed by atoms with Crippen molar-refractivity contribution in [1.29, 1.82) is 0 Å². The second-order valence-electron chi connectivity index (χ2n) is 5.18. The average molecular weight is 213 g/mol. The normalized spacial score (nSPS) is 28.6. The highest BCUT2D eigenvalue weighted by molar-refractivity contribution is 4.78. The maximum absolute atomic E-state index is 5.93. The van der Waals surface area contributed by atoms with Crippen LogP contribution in [0.4, 0.5) is 0 Å². The maximum atomic E-state index is 5.93. The minimum atomic E-state index is 0.515. The van der Waals surface area contributed by atoms with Gasteiger partial charge in [0.2, 0.25) is 0 Å². The largest absolute Gasteiger partial charge is 0.378 e. The van der Waals surface area contributed by atoms with Gasteiger partial charge in [-0.15, -0.1) is 0 Å². The molecule has 1 rings (SSSR count). The molecular weight excluding hydrogens is 186 g/mol. The molecule has 0 amide bonds. The predicted molar refractivity (Wildman–Crippen MR) is 65.1 cm³/mol. The average Bonchev–Trinajstić information content (AvgIpc) is 2.17. The van der Waals surface area contributed by atoms with Gasteiger partial charge in [0.25, 0.3) is 0 Å². The molecule has 2 atom stereocenters. The van der Waals surface area contributed by atoms with E-state index in [9.17, 15) is 0 Å².